The maximum absolute atomic E-state index is 13.3. The fourth-order valence-corrected chi connectivity index (χ4v) is 5.71. The highest BCUT2D eigenvalue weighted by Gasteiger charge is 2.31. The van der Waals surface area contributed by atoms with Gasteiger partial charge in [-0.15, -0.1) is 0 Å². The lowest BCUT2D eigenvalue weighted by Crippen LogP contribution is -2.36. The molecule has 2 heterocycles. The smallest absolute Gasteiger partial charge is 0.259 e. The molecule has 156 valence electrons. The number of carbonyl (C=O) groups is 2. The molecule has 0 bridgehead atoms. The third-order valence-electron chi connectivity index (χ3n) is 5.99. The van der Waals surface area contributed by atoms with E-state index in [1.54, 1.807) is 47.4 Å². The second-order valence-corrected chi connectivity index (χ2v) is 9.16. The Bertz CT molecular complexity index is 1240. The van der Waals surface area contributed by atoms with Gasteiger partial charge in [-0.05, 0) is 54.8 Å². The SMILES string of the molecule is CCN1C(=O)c2ccccc2[S@](=O)c2ccc(C(=O)N3CCc4ccccc4C3)cc21. The van der Waals surface area contributed by atoms with Crippen LogP contribution in [0, 0.1) is 0 Å². The van der Waals surface area contributed by atoms with Crippen molar-refractivity contribution in [2.24, 2.45) is 0 Å². The van der Waals surface area contributed by atoms with Crippen LogP contribution in [0.4, 0.5) is 5.69 Å². The standard InChI is InChI=1S/C25H22N2O3S/c1-2-27-21-15-18(24(28)26-14-13-17-7-3-4-8-19(17)16-26)11-12-23(21)31(30)22-10-6-5-9-20(22)25(27)29/h3-12,15H,2,13-14,16H2,1H3/t31-/m0/s1. The molecule has 0 saturated heterocycles. The van der Waals surface area contributed by atoms with E-state index in [1.807, 2.05) is 24.0 Å². The third kappa shape index (κ3) is 3.27. The van der Waals surface area contributed by atoms with E-state index >= 15 is 0 Å². The number of rotatable bonds is 2. The number of anilines is 1. The normalized spacial score (nSPS) is 17.5. The molecule has 3 aromatic carbocycles. The van der Waals surface area contributed by atoms with Crippen LogP contribution in [0.3, 0.4) is 0 Å². The van der Waals surface area contributed by atoms with Gasteiger partial charge in [-0.2, -0.15) is 0 Å². The number of hydrogen-bond acceptors (Lipinski definition) is 3. The summed E-state index contributed by atoms with van der Waals surface area (Å²) in [5.41, 5.74) is 3.94. The Kier molecular flexibility index (Phi) is 4.94. The van der Waals surface area contributed by atoms with Crippen molar-refractivity contribution in [2.45, 2.75) is 29.7 Å². The van der Waals surface area contributed by atoms with Crippen molar-refractivity contribution in [1.82, 2.24) is 4.90 Å². The molecule has 0 N–H and O–H groups in total. The number of hydrogen-bond donors (Lipinski definition) is 0. The van der Waals surface area contributed by atoms with Gasteiger partial charge in [0.25, 0.3) is 11.8 Å². The van der Waals surface area contributed by atoms with E-state index in [2.05, 4.69) is 12.1 Å². The van der Waals surface area contributed by atoms with Gasteiger partial charge in [0.2, 0.25) is 0 Å². The Labute approximate surface area is 183 Å². The molecule has 2 aliphatic heterocycles. The first-order valence-electron chi connectivity index (χ1n) is 10.4. The van der Waals surface area contributed by atoms with Crippen LogP contribution in [-0.4, -0.2) is 34.0 Å². The Morgan fingerprint density at radius 1 is 0.968 bits per heavy atom. The van der Waals surface area contributed by atoms with E-state index in [9.17, 15) is 13.8 Å². The van der Waals surface area contributed by atoms with Gasteiger partial charge < -0.3 is 9.80 Å². The molecular weight excluding hydrogens is 408 g/mol. The van der Waals surface area contributed by atoms with Crippen molar-refractivity contribution in [2.75, 3.05) is 18.0 Å². The zero-order valence-corrected chi connectivity index (χ0v) is 18.0. The van der Waals surface area contributed by atoms with Crippen molar-refractivity contribution in [3.05, 3.63) is 89.0 Å². The van der Waals surface area contributed by atoms with Crippen molar-refractivity contribution < 1.29 is 13.8 Å². The largest absolute Gasteiger partial charge is 0.334 e. The van der Waals surface area contributed by atoms with Gasteiger partial charge in [0.05, 0.1) is 31.8 Å². The van der Waals surface area contributed by atoms with Gasteiger partial charge in [0.15, 0.2) is 0 Å². The van der Waals surface area contributed by atoms with Gasteiger partial charge in [0, 0.05) is 25.2 Å². The van der Waals surface area contributed by atoms with Gasteiger partial charge >= 0.3 is 0 Å². The molecule has 0 aromatic heterocycles. The van der Waals surface area contributed by atoms with Crippen LogP contribution in [0.15, 0.2) is 76.5 Å². The molecule has 0 unspecified atom stereocenters. The molecular formula is C25H22N2O3S. The number of benzene rings is 3. The molecule has 0 aliphatic carbocycles. The predicted octanol–water partition coefficient (Wildman–Crippen LogP) is 4.03. The summed E-state index contributed by atoms with van der Waals surface area (Å²) < 4.78 is 13.3. The van der Waals surface area contributed by atoms with Crippen LogP contribution in [0.5, 0.6) is 0 Å². The molecule has 5 nitrogen and oxygen atoms in total. The Morgan fingerprint density at radius 2 is 1.71 bits per heavy atom. The van der Waals surface area contributed by atoms with Gasteiger partial charge in [-0.25, -0.2) is 4.21 Å². The molecule has 5 rings (SSSR count). The average molecular weight is 431 g/mol. The molecule has 31 heavy (non-hydrogen) atoms. The van der Waals surface area contributed by atoms with E-state index in [0.717, 1.165) is 6.42 Å². The van der Waals surface area contributed by atoms with E-state index < -0.39 is 10.8 Å². The second kappa shape index (κ2) is 7.78. The zero-order valence-electron chi connectivity index (χ0n) is 17.2. The summed E-state index contributed by atoms with van der Waals surface area (Å²) in [6.45, 7) is 3.53. The lowest BCUT2D eigenvalue weighted by Gasteiger charge is -2.29. The predicted molar refractivity (Wildman–Crippen MR) is 120 cm³/mol. The molecule has 0 saturated carbocycles. The summed E-state index contributed by atoms with van der Waals surface area (Å²) in [6.07, 6.45) is 0.825. The summed E-state index contributed by atoms with van der Waals surface area (Å²) in [5, 5.41) is 0. The summed E-state index contributed by atoms with van der Waals surface area (Å²) in [5.74, 6) is -0.268. The third-order valence-corrected chi connectivity index (χ3v) is 7.49. The molecule has 0 fully saturated rings. The van der Waals surface area contributed by atoms with Crippen LogP contribution in [0.25, 0.3) is 0 Å². The van der Waals surface area contributed by atoms with E-state index in [4.69, 9.17) is 0 Å². The van der Waals surface area contributed by atoms with Crippen LogP contribution in [0.1, 0.15) is 38.8 Å². The van der Waals surface area contributed by atoms with Crippen molar-refractivity contribution in [3.63, 3.8) is 0 Å². The molecule has 2 aliphatic rings. The lowest BCUT2D eigenvalue weighted by molar-refractivity contribution is 0.0734. The first kappa shape index (κ1) is 19.7. The molecule has 2 amide bonds. The first-order chi connectivity index (χ1) is 15.1. The van der Waals surface area contributed by atoms with Crippen LogP contribution >= 0.6 is 0 Å². The lowest BCUT2D eigenvalue weighted by atomic mass is 9.99. The van der Waals surface area contributed by atoms with Crippen molar-refractivity contribution in [1.29, 1.82) is 0 Å². The number of fused-ring (bicyclic) bond motifs is 3. The Balaban J connectivity index is 1.53. The summed E-state index contributed by atoms with van der Waals surface area (Å²) in [4.78, 5) is 31.0. The number of amides is 2. The fourth-order valence-electron chi connectivity index (χ4n) is 4.36. The van der Waals surface area contributed by atoms with Gasteiger partial charge in [0.1, 0.15) is 0 Å². The van der Waals surface area contributed by atoms with E-state index in [1.165, 1.54) is 11.1 Å². The van der Waals surface area contributed by atoms with Crippen molar-refractivity contribution in [3.8, 4) is 0 Å². The Morgan fingerprint density at radius 3 is 2.52 bits per heavy atom. The first-order valence-corrected chi connectivity index (χ1v) is 11.6. The molecule has 3 aromatic rings. The highest BCUT2D eigenvalue weighted by atomic mass is 32.2. The Hall–Kier alpha value is -3.25. The summed E-state index contributed by atoms with van der Waals surface area (Å²) in [7, 11) is -1.49. The summed E-state index contributed by atoms with van der Waals surface area (Å²) in [6, 6.07) is 20.4. The van der Waals surface area contributed by atoms with Crippen molar-refractivity contribution >= 4 is 28.3 Å². The second-order valence-electron chi connectivity index (χ2n) is 7.74. The zero-order chi connectivity index (χ0) is 21.5. The topological polar surface area (TPSA) is 57.7 Å². The molecule has 1 atom stereocenters. The minimum Gasteiger partial charge on any atom is -0.334 e. The fraction of sp³-hybridized carbons (Fsp3) is 0.200. The highest BCUT2D eigenvalue weighted by Crippen LogP contribution is 2.35. The highest BCUT2D eigenvalue weighted by molar-refractivity contribution is 7.85. The van der Waals surface area contributed by atoms with Crippen LogP contribution in [0.2, 0.25) is 0 Å². The van der Waals surface area contributed by atoms with Gasteiger partial charge in [-0.1, -0.05) is 36.4 Å². The average Bonchev–Trinajstić information content (AvgIpc) is 2.91. The molecule has 0 radical (unpaired) electrons. The minimum atomic E-state index is -1.49. The maximum Gasteiger partial charge on any atom is 0.259 e. The van der Waals surface area contributed by atoms with E-state index in [-0.39, 0.29) is 11.8 Å². The van der Waals surface area contributed by atoms with Crippen LogP contribution < -0.4 is 4.90 Å². The number of carbonyl (C=O) groups excluding carboxylic acids is 2. The molecule has 6 heteroatoms. The molecule has 0 spiro atoms. The van der Waals surface area contributed by atoms with Crippen LogP contribution in [-0.2, 0) is 23.8 Å². The maximum atomic E-state index is 13.3. The monoisotopic (exact) mass is 430 g/mol. The quantitative estimate of drug-likeness (QED) is 0.617. The summed E-state index contributed by atoms with van der Waals surface area (Å²) >= 11 is 0. The van der Waals surface area contributed by atoms with E-state index in [0.29, 0.717) is 46.2 Å². The van der Waals surface area contributed by atoms with Gasteiger partial charge in [-0.3, -0.25) is 9.59 Å². The minimum absolute atomic E-state index is 0.0756. The number of nitrogens with zero attached hydrogens (tertiary/aromatic N) is 2.